The number of benzene rings is 2. The molecule has 0 unspecified atom stereocenters. The van der Waals surface area contributed by atoms with Crippen molar-refractivity contribution in [1.29, 1.82) is 0 Å². The zero-order chi connectivity index (χ0) is 17.5. The van der Waals surface area contributed by atoms with E-state index >= 15 is 0 Å². The van der Waals surface area contributed by atoms with E-state index in [-0.39, 0.29) is 5.78 Å². The van der Waals surface area contributed by atoms with Gasteiger partial charge in [0.1, 0.15) is 0 Å². The molecule has 3 rings (SSSR count). The van der Waals surface area contributed by atoms with Crippen molar-refractivity contribution < 1.29 is 4.79 Å². The smallest absolute Gasteiger partial charge is 0.173 e. The van der Waals surface area contributed by atoms with E-state index < -0.39 is 0 Å². The van der Waals surface area contributed by atoms with Crippen molar-refractivity contribution in [1.82, 2.24) is 4.90 Å². The third-order valence-electron chi connectivity index (χ3n) is 4.31. The highest BCUT2D eigenvalue weighted by Gasteiger charge is 2.17. The van der Waals surface area contributed by atoms with Crippen molar-refractivity contribution in [3.8, 4) is 0 Å². The molecule has 1 saturated heterocycles. The molecular formula is C21H24N2OS. The predicted molar refractivity (Wildman–Crippen MR) is 107 cm³/mol. The summed E-state index contributed by atoms with van der Waals surface area (Å²) in [7, 11) is 0. The molecule has 0 aromatic heterocycles. The van der Waals surface area contributed by atoms with Crippen LogP contribution >= 0.6 is 11.8 Å². The Morgan fingerprint density at radius 2 is 1.68 bits per heavy atom. The van der Waals surface area contributed by atoms with Gasteiger partial charge in [-0.3, -0.25) is 4.79 Å². The maximum absolute atomic E-state index is 12.5. The summed E-state index contributed by atoms with van der Waals surface area (Å²) in [5.74, 6) is 0.577. The number of nitrogens with zero attached hydrogens (tertiary/aromatic N) is 2. The minimum atomic E-state index is 0.155. The molecule has 3 nitrogen and oxygen atoms in total. The lowest BCUT2D eigenvalue weighted by Gasteiger charge is -2.29. The number of ketones is 1. The number of aryl methyl sites for hydroxylation is 1. The molecule has 1 heterocycles. The summed E-state index contributed by atoms with van der Waals surface area (Å²) >= 11 is 1.56. The van der Waals surface area contributed by atoms with Gasteiger partial charge in [0.2, 0.25) is 0 Å². The van der Waals surface area contributed by atoms with Crippen LogP contribution in [-0.4, -0.2) is 34.7 Å². The van der Waals surface area contributed by atoms with Gasteiger partial charge >= 0.3 is 0 Å². The Kier molecular flexibility index (Phi) is 6.29. The summed E-state index contributed by atoms with van der Waals surface area (Å²) in [5.41, 5.74) is 2.89. The predicted octanol–water partition coefficient (Wildman–Crippen LogP) is 5.08. The number of piperidine rings is 1. The van der Waals surface area contributed by atoms with Crippen LogP contribution in [-0.2, 0) is 0 Å². The first-order chi connectivity index (χ1) is 12.2. The van der Waals surface area contributed by atoms with Gasteiger partial charge in [0, 0.05) is 18.7 Å². The lowest BCUT2D eigenvalue weighted by Crippen LogP contribution is -2.34. The van der Waals surface area contributed by atoms with Crippen LogP contribution in [0, 0.1) is 6.92 Å². The van der Waals surface area contributed by atoms with Crippen molar-refractivity contribution in [2.24, 2.45) is 4.99 Å². The Morgan fingerprint density at radius 1 is 1.00 bits per heavy atom. The molecule has 1 aliphatic heterocycles. The summed E-state index contributed by atoms with van der Waals surface area (Å²) in [6.45, 7) is 4.08. The molecule has 1 aliphatic rings. The highest BCUT2D eigenvalue weighted by Crippen LogP contribution is 2.21. The van der Waals surface area contributed by atoms with Gasteiger partial charge in [-0.1, -0.05) is 59.8 Å². The Morgan fingerprint density at radius 3 is 2.36 bits per heavy atom. The Balaban J connectivity index is 1.72. The van der Waals surface area contributed by atoms with Gasteiger partial charge in [0.25, 0.3) is 0 Å². The number of hydrogen-bond donors (Lipinski definition) is 0. The summed E-state index contributed by atoms with van der Waals surface area (Å²) in [4.78, 5) is 19.6. The van der Waals surface area contributed by atoms with Crippen LogP contribution in [0.4, 0.5) is 5.69 Å². The van der Waals surface area contributed by atoms with E-state index in [2.05, 4.69) is 4.90 Å². The van der Waals surface area contributed by atoms with Gasteiger partial charge in [0.05, 0.1) is 11.4 Å². The average molecular weight is 353 g/mol. The summed E-state index contributed by atoms with van der Waals surface area (Å²) in [6.07, 6.45) is 3.67. The molecule has 2 aromatic rings. The van der Waals surface area contributed by atoms with Crippen molar-refractivity contribution in [2.45, 2.75) is 26.2 Å². The molecule has 4 heteroatoms. The van der Waals surface area contributed by atoms with E-state index in [4.69, 9.17) is 4.99 Å². The molecule has 1 fully saturated rings. The molecule has 0 saturated carbocycles. The van der Waals surface area contributed by atoms with Crippen LogP contribution in [0.3, 0.4) is 0 Å². The van der Waals surface area contributed by atoms with Crippen LogP contribution < -0.4 is 0 Å². The Labute approximate surface area is 154 Å². The molecule has 0 N–H and O–H groups in total. The maximum Gasteiger partial charge on any atom is 0.173 e. The van der Waals surface area contributed by atoms with E-state index in [0.717, 1.165) is 29.5 Å². The zero-order valence-electron chi connectivity index (χ0n) is 14.6. The van der Waals surface area contributed by atoms with Crippen molar-refractivity contribution in [3.05, 3.63) is 65.7 Å². The normalized spacial score (nSPS) is 15.2. The molecule has 0 atom stereocenters. The third-order valence-corrected chi connectivity index (χ3v) is 5.33. The summed E-state index contributed by atoms with van der Waals surface area (Å²) in [5, 5.41) is 0.964. The van der Waals surface area contributed by atoms with Crippen LogP contribution in [0.2, 0.25) is 0 Å². The molecular weight excluding hydrogens is 328 g/mol. The molecule has 2 aromatic carbocycles. The fourth-order valence-electron chi connectivity index (χ4n) is 2.85. The van der Waals surface area contributed by atoms with Gasteiger partial charge in [-0.25, -0.2) is 4.99 Å². The Bertz CT molecular complexity index is 719. The standard InChI is InChI=1S/C21H24N2OS/c1-17-10-12-18(13-11-17)20(24)16-25-21(23-14-6-3-7-15-23)22-19-8-4-2-5-9-19/h2,4-5,8-13H,3,6-7,14-16H2,1H3. The fourth-order valence-corrected chi connectivity index (χ4v) is 3.81. The van der Waals surface area contributed by atoms with Gasteiger partial charge < -0.3 is 4.90 Å². The van der Waals surface area contributed by atoms with E-state index in [0.29, 0.717) is 5.75 Å². The van der Waals surface area contributed by atoms with Crippen LogP contribution in [0.25, 0.3) is 0 Å². The second-order valence-electron chi connectivity index (χ2n) is 6.36. The third kappa shape index (κ3) is 5.20. The number of carbonyl (C=O) groups excluding carboxylic acids is 1. The number of para-hydroxylation sites is 1. The topological polar surface area (TPSA) is 32.7 Å². The summed E-state index contributed by atoms with van der Waals surface area (Å²) in [6, 6.07) is 17.8. The van der Waals surface area contributed by atoms with E-state index in [1.165, 1.54) is 24.8 Å². The summed E-state index contributed by atoms with van der Waals surface area (Å²) < 4.78 is 0. The van der Waals surface area contributed by atoms with Crippen LogP contribution in [0.1, 0.15) is 35.2 Å². The fraction of sp³-hybridized carbons (Fsp3) is 0.333. The number of thioether (sulfide) groups is 1. The first kappa shape index (κ1) is 17.7. The van der Waals surface area contributed by atoms with Crippen molar-refractivity contribution in [3.63, 3.8) is 0 Å². The average Bonchev–Trinajstić information content (AvgIpc) is 2.67. The van der Waals surface area contributed by atoms with Gasteiger partial charge in [-0.2, -0.15) is 0 Å². The molecule has 0 aliphatic carbocycles. The monoisotopic (exact) mass is 352 g/mol. The Hall–Kier alpha value is -2.07. The molecule has 130 valence electrons. The van der Waals surface area contributed by atoms with E-state index in [1.54, 1.807) is 11.8 Å². The van der Waals surface area contributed by atoms with Crippen molar-refractivity contribution >= 4 is 28.4 Å². The molecule has 0 amide bonds. The zero-order valence-corrected chi connectivity index (χ0v) is 15.5. The number of amidine groups is 1. The number of Topliss-reactive ketones (excluding diaryl/α,β-unsaturated/α-hetero) is 1. The largest absolute Gasteiger partial charge is 0.351 e. The SMILES string of the molecule is Cc1ccc(C(=O)CSC(=Nc2ccccc2)N2CCCCC2)cc1. The van der Waals surface area contributed by atoms with Gasteiger partial charge in [-0.05, 0) is 38.3 Å². The minimum Gasteiger partial charge on any atom is -0.351 e. The van der Waals surface area contributed by atoms with E-state index in [1.807, 2.05) is 61.5 Å². The molecule has 0 radical (unpaired) electrons. The number of carbonyl (C=O) groups is 1. The van der Waals surface area contributed by atoms with Crippen molar-refractivity contribution in [2.75, 3.05) is 18.8 Å². The number of rotatable bonds is 4. The molecule has 0 spiro atoms. The second-order valence-corrected chi connectivity index (χ2v) is 7.30. The lowest BCUT2D eigenvalue weighted by atomic mass is 10.1. The van der Waals surface area contributed by atoms with Gasteiger partial charge in [0.15, 0.2) is 11.0 Å². The van der Waals surface area contributed by atoms with Crippen LogP contribution in [0.5, 0.6) is 0 Å². The first-order valence-electron chi connectivity index (χ1n) is 8.84. The highest BCUT2D eigenvalue weighted by molar-refractivity contribution is 8.14. The number of aliphatic imine (C=N–C) groups is 1. The lowest BCUT2D eigenvalue weighted by molar-refractivity contribution is 0.102. The van der Waals surface area contributed by atoms with Crippen LogP contribution in [0.15, 0.2) is 59.6 Å². The van der Waals surface area contributed by atoms with E-state index in [9.17, 15) is 4.79 Å². The minimum absolute atomic E-state index is 0.155. The maximum atomic E-state index is 12.5. The highest BCUT2D eigenvalue weighted by atomic mass is 32.2. The van der Waals surface area contributed by atoms with Gasteiger partial charge in [-0.15, -0.1) is 0 Å². The first-order valence-corrected chi connectivity index (χ1v) is 9.82. The molecule has 25 heavy (non-hydrogen) atoms. The molecule has 0 bridgehead atoms. The number of likely N-dealkylation sites (tertiary alicyclic amines) is 1. The number of hydrogen-bond acceptors (Lipinski definition) is 3. The quantitative estimate of drug-likeness (QED) is 0.437. The second kappa shape index (κ2) is 8.86.